The van der Waals surface area contributed by atoms with E-state index in [2.05, 4.69) is 17.9 Å². The SMILES string of the molecule is COc1ccccc1C#Cc1ccc([C@H]2[C@H](C#N)N(C(=O)C3CCCC3)[C@H]2CO)cc1. The predicted molar refractivity (Wildman–Crippen MR) is 117 cm³/mol. The van der Waals surface area contributed by atoms with Crippen LogP contribution < -0.4 is 4.74 Å². The molecule has 158 valence electrons. The van der Waals surface area contributed by atoms with Gasteiger partial charge < -0.3 is 14.7 Å². The molecule has 31 heavy (non-hydrogen) atoms. The number of nitrogens with zero attached hydrogens (tertiary/aromatic N) is 2. The quantitative estimate of drug-likeness (QED) is 0.778. The monoisotopic (exact) mass is 414 g/mol. The van der Waals surface area contributed by atoms with Gasteiger partial charge in [0.2, 0.25) is 5.91 Å². The molecule has 2 aromatic rings. The molecule has 1 aliphatic carbocycles. The Labute approximate surface area is 183 Å². The van der Waals surface area contributed by atoms with Crippen LogP contribution in [0.4, 0.5) is 0 Å². The summed E-state index contributed by atoms with van der Waals surface area (Å²) in [7, 11) is 1.62. The van der Waals surface area contributed by atoms with Crippen molar-refractivity contribution in [3.05, 3.63) is 65.2 Å². The first kappa shape index (κ1) is 21.0. The third-order valence-electron chi connectivity index (χ3n) is 6.43. The topological polar surface area (TPSA) is 73.6 Å². The molecular formula is C26H26N2O3. The smallest absolute Gasteiger partial charge is 0.227 e. The van der Waals surface area contributed by atoms with Crippen LogP contribution in [0.2, 0.25) is 0 Å². The van der Waals surface area contributed by atoms with Crippen LogP contribution in [0.3, 0.4) is 0 Å². The lowest BCUT2D eigenvalue weighted by molar-refractivity contribution is -0.151. The third kappa shape index (κ3) is 4.02. The number of carbonyl (C=O) groups is 1. The number of hydrogen-bond donors (Lipinski definition) is 1. The lowest BCUT2D eigenvalue weighted by Gasteiger charge is -2.52. The van der Waals surface area contributed by atoms with Crippen molar-refractivity contribution >= 4 is 5.91 Å². The number of aliphatic hydroxyl groups is 1. The third-order valence-corrected chi connectivity index (χ3v) is 6.43. The van der Waals surface area contributed by atoms with E-state index in [0.29, 0.717) is 0 Å². The van der Waals surface area contributed by atoms with E-state index < -0.39 is 6.04 Å². The summed E-state index contributed by atoms with van der Waals surface area (Å²) >= 11 is 0. The van der Waals surface area contributed by atoms with Crippen molar-refractivity contribution in [3.8, 4) is 23.7 Å². The Kier molecular flexibility index (Phi) is 6.26. The molecule has 2 aliphatic rings. The number of benzene rings is 2. The summed E-state index contributed by atoms with van der Waals surface area (Å²) in [6.45, 7) is -0.142. The van der Waals surface area contributed by atoms with E-state index in [1.54, 1.807) is 12.0 Å². The van der Waals surface area contributed by atoms with Crippen LogP contribution in [0.15, 0.2) is 48.5 Å². The zero-order valence-electron chi connectivity index (χ0n) is 17.6. The molecule has 0 bridgehead atoms. The molecule has 1 aliphatic heterocycles. The molecular weight excluding hydrogens is 388 g/mol. The van der Waals surface area contributed by atoms with Crippen LogP contribution in [0.25, 0.3) is 0 Å². The summed E-state index contributed by atoms with van der Waals surface area (Å²) < 4.78 is 5.33. The van der Waals surface area contributed by atoms with E-state index in [1.165, 1.54) is 0 Å². The Balaban J connectivity index is 1.51. The van der Waals surface area contributed by atoms with Gasteiger partial charge in [-0.15, -0.1) is 0 Å². The van der Waals surface area contributed by atoms with Crippen molar-refractivity contribution in [1.82, 2.24) is 4.90 Å². The largest absolute Gasteiger partial charge is 0.495 e. The molecule has 0 spiro atoms. The molecule has 1 saturated carbocycles. The number of ether oxygens (including phenoxy) is 1. The van der Waals surface area contributed by atoms with Crippen molar-refractivity contribution < 1.29 is 14.6 Å². The highest BCUT2D eigenvalue weighted by molar-refractivity contribution is 5.82. The van der Waals surface area contributed by atoms with Crippen molar-refractivity contribution in [2.75, 3.05) is 13.7 Å². The minimum atomic E-state index is -0.532. The van der Waals surface area contributed by atoms with Crippen molar-refractivity contribution in [1.29, 1.82) is 5.26 Å². The molecule has 1 saturated heterocycles. The molecule has 1 amide bonds. The maximum atomic E-state index is 12.9. The maximum absolute atomic E-state index is 12.9. The van der Waals surface area contributed by atoms with Gasteiger partial charge in [0.25, 0.3) is 0 Å². The molecule has 0 aromatic heterocycles. The van der Waals surface area contributed by atoms with Crippen molar-refractivity contribution in [3.63, 3.8) is 0 Å². The van der Waals surface area contributed by atoms with E-state index in [9.17, 15) is 15.2 Å². The summed E-state index contributed by atoms with van der Waals surface area (Å²) in [6, 6.07) is 16.8. The maximum Gasteiger partial charge on any atom is 0.227 e. The number of methoxy groups -OCH3 is 1. The molecule has 5 nitrogen and oxygen atoms in total. The standard InChI is InChI=1S/C26H26N2O3/c1-31-24-9-5-4-6-19(24)13-10-18-11-14-20(15-12-18)25-22(16-27)28(23(25)17-29)26(30)21-7-2-3-8-21/h4-6,9,11-12,14-15,21-23,25,29H,2-3,7-8,17H2,1H3/t22-,23-,25-/m0/s1. The van der Waals surface area contributed by atoms with Crippen LogP contribution in [-0.4, -0.2) is 41.7 Å². The van der Waals surface area contributed by atoms with Gasteiger partial charge in [-0.1, -0.05) is 48.9 Å². The highest BCUT2D eigenvalue weighted by atomic mass is 16.5. The average Bonchev–Trinajstić information content (AvgIpc) is 3.34. The second-order valence-electron chi connectivity index (χ2n) is 8.15. The fraction of sp³-hybridized carbons (Fsp3) is 0.385. The molecule has 2 aromatic carbocycles. The number of para-hydroxylation sites is 1. The lowest BCUT2D eigenvalue weighted by atomic mass is 9.75. The Bertz CT molecular complexity index is 1040. The van der Waals surface area contributed by atoms with E-state index in [-0.39, 0.29) is 30.4 Å². The number of carbonyl (C=O) groups excluding carboxylic acids is 1. The number of nitriles is 1. The second kappa shape index (κ2) is 9.25. The molecule has 1 heterocycles. The van der Waals surface area contributed by atoms with Gasteiger partial charge in [-0.05, 0) is 42.7 Å². The van der Waals surface area contributed by atoms with Gasteiger partial charge in [-0.3, -0.25) is 4.79 Å². The summed E-state index contributed by atoms with van der Waals surface area (Å²) in [5.41, 5.74) is 2.62. The molecule has 0 unspecified atom stereocenters. The summed E-state index contributed by atoms with van der Waals surface area (Å²) in [5, 5.41) is 19.7. The van der Waals surface area contributed by atoms with Gasteiger partial charge in [-0.25, -0.2) is 0 Å². The predicted octanol–water partition coefficient (Wildman–Crippen LogP) is 3.46. The van der Waals surface area contributed by atoms with Crippen molar-refractivity contribution in [2.45, 2.75) is 43.7 Å². The summed E-state index contributed by atoms with van der Waals surface area (Å²) in [6.07, 6.45) is 3.89. The molecule has 2 fully saturated rings. The van der Waals surface area contributed by atoms with E-state index in [0.717, 1.165) is 48.1 Å². The summed E-state index contributed by atoms with van der Waals surface area (Å²) in [4.78, 5) is 14.5. The molecule has 5 heteroatoms. The van der Waals surface area contributed by atoms with E-state index >= 15 is 0 Å². The molecule has 3 atom stereocenters. The fourth-order valence-electron chi connectivity index (χ4n) is 4.77. The molecule has 1 N–H and O–H groups in total. The molecule has 4 rings (SSSR count). The van der Waals surface area contributed by atoms with Crippen LogP contribution in [0.1, 0.15) is 48.3 Å². The average molecular weight is 415 g/mol. The van der Waals surface area contributed by atoms with Gasteiger partial charge >= 0.3 is 0 Å². The highest BCUT2D eigenvalue weighted by Crippen LogP contribution is 2.42. The first-order valence-corrected chi connectivity index (χ1v) is 10.8. The Morgan fingerprint density at radius 2 is 1.84 bits per heavy atom. The van der Waals surface area contributed by atoms with E-state index in [1.807, 2.05) is 48.5 Å². The Morgan fingerprint density at radius 3 is 2.48 bits per heavy atom. The first-order chi connectivity index (χ1) is 15.2. The number of rotatable bonds is 4. The number of amides is 1. The van der Waals surface area contributed by atoms with Gasteiger partial charge in [0.15, 0.2) is 0 Å². The minimum absolute atomic E-state index is 0.00141. The zero-order chi connectivity index (χ0) is 21.8. The first-order valence-electron chi connectivity index (χ1n) is 10.8. The van der Waals surface area contributed by atoms with Crippen LogP contribution >= 0.6 is 0 Å². The summed E-state index contributed by atoms with van der Waals surface area (Å²) in [5.74, 6) is 6.85. The van der Waals surface area contributed by atoms with Gasteiger partial charge in [0.05, 0.1) is 31.4 Å². The van der Waals surface area contributed by atoms with Gasteiger partial charge in [-0.2, -0.15) is 5.26 Å². The van der Waals surface area contributed by atoms with Crippen LogP contribution in [-0.2, 0) is 4.79 Å². The number of likely N-dealkylation sites (tertiary alicyclic amines) is 1. The lowest BCUT2D eigenvalue weighted by Crippen LogP contribution is -2.66. The highest BCUT2D eigenvalue weighted by Gasteiger charge is 2.52. The van der Waals surface area contributed by atoms with Gasteiger partial charge in [0.1, 0.15) is 11.8 Å². The van der Waals surface area contributed by atoms with Crippen molar-refractivity contribution in [2.24, 2.45) is 5.92 Å². The number of hydrogen-bond acceptors (Lipinski definition) is 4. The Morgan fingerprint density at radius 1 is 1.13 bits per heavy atom. The van der Waals surface area contributed by atoms with Gasteiger partial charge in [0, 0.05) is 17.4 Å². The Hall–Kier alpha value is -3.28. The minimum Gasteiger partial charge on any atom is -0.495 e. The second-order valence-corrected chi connectivity index (χ2v) is 8.15. The normalized spacial score (nSPS) is 22.7. The number of aliphatic hydroxyl groups excluding tert-OH is 1. The molecule has 0 radical (unpaired) electrons. The van der Waals surface area contributed by atoms with Crippen LogP contribution in [0, 0.1) is 29.1 Å². The fourth-order valence-corrected chi connectivity index (χ4v) is 4.77. The van der Waals surface area contributed by atoms with E-state index in [4.69, 9.17) is 4.74 Å². The van der Waals surface area contributed by atoms with Crippen LogP contribution in [0.5, 0.6) is 5.75 Å². The zero-order valence-corrected chi connectivity index (χ0v) is 17.6.